The molecule has 0 saturated carbocycles. The first-order valence-electron chi connectivity index (χ1n) is 21.8. The van der Waals surface area contributed by atoms with Gasteiger partial charge in [-0.15, -0.1) is 11.3 Å². The molecule has 0 spiro atoms. The summed E-state index contributed by atoms with van der Waals surface area (Å²) in [6, 6.07) is 50.9. The highest BCUT2D eigenvalue weighted by Crippen LogP contribution is 2.52. The molecule has 5 heteroatoms. The first-order valence-corrected chi connectivity index (χ1v) is 22.6. The minimum Gasteiger partial charge on any atom is -0.455 e. The molecule has 298 valence electrons. The van der Waals surface area contributed by atoms with Crippen molar-refractivity contribution in [2.45, 2.75) is 78.6 Å². The average molecular weight is 809 g/mol. The maximum Gasteiger partial charge on any atom is 0.333 e. The summed E-state index contributed by atoms with van der Waals surface area (Å²) in [6.45, 7) is 20.7. The lowest BCUT2D eigenvalue weighted by molar-refractivity contribution is 0.590. The summed E-state index contributed by atoms with van der Waals surface area (Å²) in [5, 5.41) is 6.11. The number of anilines is 2. The van der Waals surface area contributed by atoms with E-state index in [9.17, 15) is 0 Å². The van der Waals surface area contributed by atoms with Gasteiger partial charge in [-0.25, -0.2) is 0 Å². The summed E-state index contributed by atoms with van der Waals surface area (Å²) in [6.07, 6.45) is 0. The predicted octanol–water partition coefficient (Wildman–Crippen LogP) is 14.7. The normalized spacial score (nSPS) is 13.9. The second-order valence-corrected chi connectivity index (χ2v) is 21.7. The molecule has 61 heavy (non-hydrogen) atoms. The fourth-order valence-corrected chi connectivity index (χ4v) is 11.5. The van der Waals surface area contributed by atoms with Crippen molar-refractivity contribution in [2.24, 2.45) is 0 Å². The van der Waals surface area contributed by atoms with Crippen molar-refractivity contribution in [2.75, 3.05) is 4.81 Å². The lowest BCUT2D eigenvalue weighted by atomic mass is 9.43. The Hall–Kier alpha value is -6.04. The number of aromatic nitrogens is 1. The van der Waals surface area contributed by atoms with Gasteiger partial charge >= 0.3 is 6.85 Å². The third-order valence-electron chi connectivity index (χ3n) is 13.6. The van der Waals surface area contributed by atoms with Gasteiger partial charge in [0.05, 0.1) is 16.4 Å². The van der Waals surface area contributed by atoms with Crippen molar-refractivity contribution in [3.8, 4) is 27.3 Å². The largest absolute Gasteiger partial charge is 0.455 e. The Labute approximate surface area is 362 Å². The van der Waals surface area contributed by atoms with Gasteiger partial charge in [-0.05, 0) is 115 Å². The van der Waals surface area contributed by atoms with Crippen molar-refractivity contribution in [1.82, 2.24) is 4.57 Å². The van der Waals surface area contributed by atoms with Gasteiger partial charge in [-0.1, -0.05) is 141 Å². The molecule has 0 saturated heterocycles. The molecule has 0 fully saturated rings. The lowest BCUT2D eigenvalue weighted by Crippen LogP contribution is -2.60. The van der Waals surface area contributed by atoms with E-state index in [-0.39, 0.29) is 23.1 Å². The van der Waals surface area contributed by atoms with E-state index in [0.717, 1.165) is 11.2 Å². The highest BCUT2D eigenvalue weighted by atomic mass is 32.1. The molecule has 7 aromatic carbocycles. The smallest absolute Gasteiger partial charge is 0.333 e. The number of nitrogens with zero attached hydrogens (tertiary/aromatic N) is 2. The molecule has 0 unspecified atom stereocenters. The van der Waals surface area contributed by atoms with Crippen molar-refractivity contribution < 1.29 is 4.42 Å². The van der Waals surface area contributed by atoms with Gasteiger partial charge in [0.25, 0.3) is 0 Å². The summed E-state index contributed by atoms with van der Waals surface area (Å²) < 4.78 is 11.1. The van der Waals surface area contributed by atoms with E-state index in [1.54, 1.807) is 0 Å². The summed E-state index contributed by atoms with van der Waals surface area (Å²) >= 11 is 1.89. The number of hydrogen-bond donors (Lipinski definition) is 0. The molecule has 10 aromatic rings. The molecule has 0 atom stereocenters. The minimum absolute atomic E-state index is 0.0281. The molecular weight excluding hydrogens is 760 g/mol. The molecule has 3 nitrogen and oxygen atoms in total. The maximum absolute atomic E-state index is 7.19. The fraction of sp³-hybridized carbons (Fsp3) is 0.214. The van der Waals surface area contributed by atoms with Crippen LogP contribution < -0.4 is 15.7 Å². The quantitative estimate of drug-likeness (QED) is 0.162. The maximum atomic E-state index is 7.19. The number of benzene rings is 7. The Morgan fingerprint density at radius 2 is 1.25 bits per heavy atom. The van der Waals surface area contributed by atoms with Crippen LogP contribution in [0.1, 0.15) is 79.0 Å². The Kier molecular flexibility index (Phi) is 7.41. The zero-order chi connectivity index (χ0) is 41.9. The van der Waals surface area contributed by atoms with Crippen LogP contribution in [-0.4, -0.2) is 11.4 Å². The number of rotatable bonds is 2. The van der Waals surface area contributed by atoms with Gasteiger partial charge in [-0.2, -0.15) is 0 Å². The van der Waals surface area contributed by atoms with E-state index >= 15 is 0 Å². The highest BCUT2D eigenvalue weighted by molar-refractivity contribution is 7.22. The molecule has 2 aliphatic rings. The second-order valence-electron chi connectivity index (χ2n) is 20.6. The number of thiophene rings is 1. The number of fused-ring (bicyclic) bond motifs is 14. The number of hydrogen-bond acceptors (Lipinski definition) is 3. The molecular formula is C56H49BN2OS. The van der Waals surface area contributed by atoms with Crippen LogP contribution in [0.3, 0.4) is 0 Å². The third kappa shape index (κ3) is 5.23. The van der Waals surface area contributed by atoms with Gasteiger partial charge in [0.15, 0.2) is 0 Å². The second kappa shape index (κ2) is 12.3. The van der Waals surface area contributed by atoms with E-state index in [1.165, 1.54) is 109 Å². The van der Waals surface area contributed by atoms with Gasteiger partial charge in [0.1, 0.15) is 11.2 Å². The topological polar surface area (TPSA) is 21.3 Å². The lowest BCUT2D eigenvalue weighted by Gasteiger charge is -2.42. The van der Waals surface area contributed by atoms with Crippen LogP contribution in [0.5, 0.6) is 0 Å². The number of furan rings is 1. The summed E-state index contributed by atoms with van der Waals surface area (Å²) in [4.78, 5) is 3.96. The molecule has 0 N–H and O–H groups in total. The van der Waals surface area contributed by atoms with Crippen LogP contribution in [0.15, 0.2) is 138 Å². The standard InChI is InChI=1S/C56H49BN2OS/c1-54(2,3)34-19-23-37(24-20-34)59-43-26-22-36(56(7,8)9)30-40(43)48-49-38-17-13-14-18-45(38)60-53(49)50-39-29-35(55(4,5)6)21-25-42(39)58-44-31-47-33(27-41(44)57(59)51(48)52(50)58)28-46(61-47)32-15-11-10-12-16-32/h10-31H,1-9H3. The van der Waals surface area contributed by atoms with E-state index in [0.29, 0.717) is 0 Å². The van der Waals surface area contributed by atoms with E-state index in [1.807, 2.05) is 11.3 Å². The first-order chi connectivity index (χ1) is 29.1. The van der Waals surface area contributed by atoms with E-state index < -0.39 is 0 Å². The van der Waals surface area contributed by atoms with Gasteiger partial charge < -0.3 is 13.8 Å². The third-order valence-corrected chi connectivity index (χ3v) is 14.8. The molecule has 2 aliphatic heterocycles. The fourth-order valence-electron chi connectivity index (χ4n) is 10.4. The van der Waals surface area contributed by atoms with Crippen molar-refractivity contribution in [3.63, 3.8) is 0 Å². The SMILES string of the molecule is CC(C)(C)c1ccc(N2B3c4cc5cc(-c6ccccc6)sc5cc4-n4c5ccc(C(C)(C)C)cc5c5c6oc7ccccc7c6c(c3c54)-c3cc(C(C)(C)C)ccc32)cc1. The molecule has 0 amide bonds. The predicted molar refractivity (Wildman–Crippen MR) is 264 cm³/mol. The summed E-state index contributed by atoms with van der Waals surface area (Å²) in [7, 11) is 0. The van der Waals surface area contributed by atoms with Crippen LogP contribution in [0.4, 0.5) is 11.4 Å². The average Bonchev–Trinajstić information content (AvgIpc) is 3.93. The zero-order valence-corrected chi connectivity index (χ0v) is 37.3. The minimum atomic E-state index is -0.109. The number of para-hydroxylation sites is 1. The van der Waals surface area contributed by atoms with E-state index in [2.05, 4.69) is 205 Å². The van der Waals surface area contributed by atoms with Crippen LogP contribution in [0, 0.1) is 0 Å². The van der Waals surface area contributed by atoms with Crippen LogP contribution in [-0.2, 0) is 16.2 Å². The molecule has 0 radical (unpaired) electrons. The molecule has 0 bridgehead atoms. The van der Waals surface area contributed by atoms with Crippen molar-refractivity contribution in [1.29, 1.82) is 0 Å². The Morgan fingerprint density at radius 1 is 0.574 bits per heavy atom. The van der Waals surface area contributed by atoms with E-state index in [4.69, 9.17) is 4.42 Å². The Bertz CT molecular complexity index is 3470. The molecule has 0 aliphatic carbocycles. The molecule has 3 aromatic heterocycles. The van der Waals surface area contributed by atoms with Crippen LogP contribution >= 0.6 is 11.3 Å². The van der Waals surface area contributed by atoms with Gasteiger partial charge in [0, 0.05) is 48.4 Å². The summed E-state index contributed by atoms with van der Waals surface area (Å²) in [5.74, 6) is 0. The monoisotopic (exact) mass is 808 g/mol. The Balaban J connectivity index is 1.30. The van der Waals surface area contributed by atoms with Crippen LogP contribution in [0.2, 0.25) is 0 Å². The van der Waals surface area contributed by atoms with Crippen molar-refractivity contribution in [3.05, 3.63) is 150 Å². The molecule has 12 rings (SSSR count). The highest BCUT2D eigenvalue weighted by Gasteiger charge is 2.46. The van der Waals surface area contributed by atoms with Crippen molar-refractivity contribution >= 4 is 94.3 Å². The van der Waals surface area contributed by atoms with Gasteiger partial charge in [-0.3, -0.25) is 0 Å². The van der Waals surface area contributed by atoms with Crippen LogP contribution in [0.25, 0.3) is 81.1 Å². The summed E-state index contributed by atoms with van der Waals surface area (Å²) in [5.41, 5.74) is 18.4. The first kappa shape index (κ1) is 36.8. The molecule has 5 heterocycles. The van der Waals surface area contributed by atoms with Gasteiger partial charge in [0.2, 0.25) is 0 Å². The Morgan fingerprint density at radius 3 is 1.98 bits per heavy atom. The zero-order valence-electron chi connectivity index (χ0n) is 36.5.